The van der Waals surface area contributed by atoms with E-state index in [1.165, 1.54) is 57.8 Å². The van der Waals surface area contributed by atoms with E-state index in [9.17, 15) is 0 Å². The zero-order valence-electron chi connectivity index (χ0n) is 10.3. The normalized spacial score (nSPS) is 19.3. The summed E-state index contributed by atoms with van der Waals surface area (Å²) >= 11 is 0. The van der Waals surface area contributed by atoms with Crippen molar-refractivity contribution in [2.45, 2.75) is 84.5 Å². The molecule has 1 rings (SSSR count). The molecule has 0 bridgehead atoms. The molecule has 0 saturated heterocycles. The van der Waals surface area contributed by atoms with Gasteiger partial charge in [0.25, 0.3) is 0 Å². The van der Waals surface area contributed by atoms with Crippen LogP contribution < -0.4 is 0 Å². The second-order valence-corrected chi connectivity index (χ2v) is 5.27. The number of unbranched alkanes of at least 4 members (excludes halogenated alkanes) is 4. The topological polar surface area (TPSA) is 0 Å². The lowest BCUT2D eigenvalue weighted by atomic mass is 9.63. The van der Waals surface area contributed by atoms with Crippen molar-refractivity contribution >= 4 is 0 Å². The van der Waals surface area contributed by atoms with E-state index in [0.717, 1.165) is 5.41 Å². The van der Waals surface area contributed by atoms with Gasteiger partial charge in [0.2, 0.25) is 0 Å². The summed E-state index contributed by atoms with van der Waals surface area (Å²) in [7, 11) is 0. The van der Waals surface area contributed by atoms with Gasteiger partial charge in [0.1, 0.15) is 0 Å². The molecule has 0 amide bonds. The Hall–Kier alpha value is 0. The number of hydrogen-bond donors (Lipinski definition) is 0. The predicted molar refractivity (Wildman–Crippen MR) is 64.6 cm³/mol. The molecule has 0 aromatic carbocycles. The minimum Gasteiger partial charge on any atom is -0.0654 e. The maximum atomic E-state index is 2.31. The first kappa shape index (κ1) is 12.1. The highest BCUT2D eigenvalue weighted by Crippen LogP contribution is 2.48. The molecule has 0 radical (unpaired) electrons. The van der Waals surface area contributed by atoms with Crippen LogP contribution in [0.1, 0.15) is 84.5 Å². The van der Waals surface area contributed by atoms with E-state index in [2.05, 4.69) is 13.8 Å². The molecular formula is C14H28. The third kappa shape index (κ3) is 3.63. The molecule has 0 N–H and O–H groups in total. The van der Waals surface area contributed by atoms with Crippen LogP contribution in [0, 0.1) is 5.41 Å². The maximum Gasteiger partial charge on any atom is -0.0297 e. The van der Waals surface area contributed by atoms with Crippen molar-refractivity contribution in [2.24, 2.45) is 5.41 Å². The van der Waals surface area contributed by atoms with Crippen molar-refractivity contribution in [1.29, 1.82) is 0 Å². The molecule has 1 saturated carbocycles. The summed E-state index contributed by atoms with van der Waals surface area (Å²) in [5.74, 6) is 0. The third-order valence-electron chi connectivity index (χ3n) is 4.04. The monoisotopic (exact) mass is 196 g/mol. The molecule has 0 atom stereocenters. The first-order valence-corrected chi connectivity index (χ1v) is 6.83. The fourth-order valence-electron chi connectivity index (χ4n) is 2.80. The Kier molecular flexibility index (Phi) is 5.59. The van der Waals surface area contributed by atoms with E-state index in [1.807, 2.05) is 0 Å². The quantitative estimate of drug-likeness (QED) is 0.461. The Morgan fingerprint density at radius 2 is 1.29 bits per heavy atom. The van der Waals surface area contributed by atoms with E-state index in [-0.39, 0.29) is 0 Å². The van der Waals surface area contributed by atoms with Gasteiger partial charge in [-0.25, -0.2) is 0 Å². The van der Waals surface area contributed by atoms with E-state index in [1.54, 1.807) is 12.8 Å². The zero-order valence-corrected chi connectivity index (χ0v) is 10.3. The van der Waals surface area contributed by atoms with Crippen LogP contribution in [0.5, 0.6) is 0 Å². The van der Waals surface area contributed by atoms with Crippen LogP contribution in [0.25, 0.3) is 0 Å². The van der Waals surface area contributed by atoms with Crippen molar-refractivity contribution in [2.75, 3.05) is 0 Å². The fraction of sp³-hybridized carbons (Fsp3) is 1.00. The van der Waals surface area contributed by atoms with Crippen LogP contribution in [0.2, 0.25) is 0 Å². The van der Waals surface area contributed by atoms with Gasteiger partial charge in [-0.05, 0) is 31.1 Å². The molecule has 0 aromatic heterocycles. The highest BCUT2D eigenvalue weighted by Gasteiger charge is 2.35. The molecule has 0 aliphatic heterocycles. The Labute approximate surface area is 90.5 Å². The SMILES string of the molecule is CCCCCC1(CCCCC)CCC1. The highest BCUT2D eigenvalue weighted by molar-refractivity contribution is 4.87. The average molecular weight is 196 g/mol. The molecule has 0 heterocycles. The first-order chi connectivity index (χ1) is 6.83. The van der Waals surface area contributed by atoms with Gasteiger partial charge in [-0.3, -0.25) is 0 Å². The molecule has 1 fully saturated rings. The zero-order chi connectivity index (χ0) is 10.3. The minimum absolute atomic E-state index is 0.824. The number of hydrogen-bond acceptors (Lipinski definition) is 0. The van der Waals surface area contributed by atoms with Crippen molar-refractivity contribution in [1.82, 2.24) is 0 Å². The summed E-state index contributed by atoms with van der Waals surface area (Å²) in [5, 5.41) is 0. The summed E-state index contributed by atoms with van der Waals surface area (Å²) in [6.45, 7) is 4.62. The lowest BCUT2D eigenvalue weighted by Gasteiger charge is -2.42. The second-order valence-electron chi connectivity index (χ2n) is 5.27. The Bertz CT molecular complexity index is 121. The third-order valence-corrected chi connectivity index (χ3v) is 4.04. The second kappa shape index (κ2) is 6.48. The summed E-state index contributed by atoms with van der Waals surface area (Å²) < 4.78 is 0. The Morgan fingerprint density at radius 3 is 1.57 bits per heavy atom. The molecule has 1 aliphatic rings. The lowest BCUT2D eigenvalue weighted by Crippen LogP contribution is -2.29. The fourth-order valence-corrected chi connectivity index (χ4v) is 2.80. The van der Waals surface area contributed by atoms with E-state index in [4.69, 9.17) is 0 Å². The van der Waals surface area contributed by atoms with Gasteiger partial charge in [-0.15, -0.1) is 0 Å². The van der Waals surface area contributed by atoms with Gasteiger partial charge >= 0.3 is 0 Å². The van der Waals surface area contributed by atoms with Crippen LogP contribution in [0.4, 0.5) is 0 Å². The van der Waals surface area contributed by atoms with Gasteiger partial charge in [0.15, 0.2) is 0 Å². The van der Waals surface area contributed by atoms with Crippen LogP contribution in [0.3, 0.4) is 0 Å². The molecule has 0 spiro atoms. The van der Waals surface area contributed by atoms with E-state index >= 15 is 0 Å². The highest BCUT2D eigenvalue weighted by atomic mass is 14.4. The lowest BCUT2D eigenvalue weighted by molar-refractivity contribution is 0.0981. The largest absolute Gasteiger partial charge is 0.0654 e. The average Bonchev–Trinajstić information content (AvgIpc) is 2.13. The molecular weight excluding hydrogens is 168 g/mol. The smallest absolute Gasteiger partial charge is 0.0297 e. The molecule has 84 valence electrons. The molecule has 0 heteroatoms. The van der Waals surface area contributed by atoms with Crippen LogP contribution >= 0.6 is 0 Å². The van der Waals surface area contributed by atoms with Crippen LogP contribution in [-0.2, 0) is 0 Å². The molecule has 1 aliphatic carbocycles. The molecule has 0 nitrogen and oxygen atoms in total. The predicted octanol–water partition coefficient (Wildman–Crippen LogP) is 5.32. The van der Waals surface area contributed by atoms with Crippen LogP contribution in [-0.4, -0.2) is 0 Å². The minimum atomic E-state index is 0.824. The van der Waals surface area contributed by atoms with Gasteiger partial charge in [-0.1, -0.05) is 58.8 Å². The molecule has 0 aromatic rings. The van der Waals surface area contributed by atoms with Gasteiger partial charge in [0, 0.05) is 0 Å². The van der Waals surface area contributed by atoms with E-state index in [0.29, 0.717) is 0 Å². The summed E-state index contributed by atoms with van der Waals surface area (Å²) in [4.78, 5) is 0. The van der Waals surface area contributed by atoms with Crippen molar-refractivity contribution < 1.29 is 0 Å². The first-order valence-electron chi connectivity index (χ1n) is 6.83. The summed E-state index contributed by atoms with van der Waals surface area (Å²) in [6, 6.07) is 0. The van der Waals surface area contributed by atoms with E-state index < -0.39 is 0 Å². The Balaban J connectivity index is 2.13. The van der Waals surface area contributed by atoms with Crippen molar-refractivity contribution in [3.8, 4) is 0 Å². The standard InChI is InChI=1S/C14H28/c1-3-5-7-10-14(12-9-13-14)11-8-6-4-2/h3-13H2,1-2H3. The number of rotatable bonds is 8. The molecule has 0 unspecified atom stereocenters. The van der Waals surface area contributed by atoms with Gasteiger partial charge in [0.05, 0.1) is 0 Å². The Morgan fingerprint density at radius 1 is 0.786 bits per heavy atom. The van der Waals surface area contributed by atoms with Gasteiger partial charge in [-0.2, -0.15) is 0 Å². The van der Waals surface area contributed by atoms with Crippen molar-refractivity contribution in [3.63, 3.8) is 0 Å². The maximum absolute atomic E-state index is 2.31. The summed E-state index contributed by atoms with van der Waals surface area (Å²) in [5.41, 5.74) is 0.824. The summed E-state index contributed by atoms with van der Waals surface area (Å²) in [6.07, 6.45) is 16.3. The van der Waals surface area contributed by atoms with Gasteiger partial charge < -0.3 is 0 Å². The van der Waals surface area contributed by atoms with Crippen molar-refractivity contribution in [3.05, 3.63) is 0 Å². The molecule has 14 heavy (non-hydrogen) atoms. The van der Waals surface area contributed by atoms with Crippen LogP contribution in [0.15, 0.2) is 0 Å².